The van der Waals surface area contributed by atoms with Crippen LogP contribution in [-0.2, 0) is 0 Å². The molecule has 0 aliphatic carbocycles. The minimum absolute atomic E-state index is 0.179. The van der Waals surface area contributed by atoms with E-state index in [1.165, 1.54) is 11.3 Å². The minimum Gasteiger partial charge on any atom is -0.334 e. The van der Waals surface area contributed by atoms with Crippen LogP contribution in [0.25, 0.3) is 0 Å². The van der Waals surface area contributed by atoms with E-state index in [9.17, 15) is 4.79 Å². The summed E-state index contributed by atoms with van der Waals surface area (Å²) in [5, 5.41) is 1.98. The predicted molar refractivity (Wildman–Crippen MR) is 63.3 cm³/mol. The van der Waals surface area contributed by atoms with Gasteiger partial charge < -0.3 is 4.90 Å². The van der Waals surface area contributed by atoms with Gasteiger partial charge in [0.2, 0.25) is 0 Å². The van der Waals surface area contributed by atoms with Crippen LogP contribution in [0.15, 0.2) is 23.6 Å². The van der Waals surface area contributed by atoms with Crippen LogP contribution >= 0.6 is 11.3 Å². The van der Waals surface area contributed by atoms with Gasteiger partial charge in [-0.1, -0.05) is 19.1 Å². The van der Waals surface area contributed by atoms with Crippen LogP contribution in [-0.4, -0.2) is 23.9 Å². The summed E-state index contributed by atoms with van der Waals surface area (Å²) >= 11 is 1.54. The van der Waals surface area contributed by atoms with Crippen molar-refractivity contribution in [2.75, 3.05) is 13.1 Å². The molecule has 0 saturated carbocycles. The molecule has 1 aromatic rings. The lowest BCUT2D eigenvalue weighted by atomic mass is 10.1. The van der Waals surface area contributed by atoms with Gasteiger partial charge in [-0.05, 0) is 29.9 Å². The summed E-state index contributed by atoms with van der Waals surface area (Å²) < 4.78 is 0. The first-order valence-corrected chi connectivity index (χ1v) is 6.06. The number of thiophene rings is 1. The fourth-order valence-corrected chi connectivity index (χ4v) is 2.70. The van der Waals surface area contributed by atoms with Crippen molar-refractivity contribution in [3.8, 4) is 0 Å². The molecule has 1 aliphatic heterocycles. The average molecular weight is 221 g/mol. The molecule has 80 valence electrons. The molecule has 0 fully saturated rings. The van der Waals surface area contributed by atoms with E-state index in [1.54, 1.807) is 0 Å². The van der Waals surface area contributed by atoms with Gasteiger partial charge >= 0.3 is 0 Å². The lowest BCUT2D eigenvalue weighted by molar-refractivity contribution is 0.0757. The van der Waals surface area contributed by atoms with Crippen LogP contribution in [0, 0.1) is 12.8 Å². The summed E-state index contributed by atoms with van der Waals surface area (Å²) in [6.45, 7) is 5.72. The number of carbonyl (C=O) groups is 1. The molecule has 0 saturated heterocycles. The highest BCUT2D eigenvalue weighted by molar-refractivity contribution is 7.12. The second-order valence-electron chi connectivity index (χ2n) is 4.05. The zero-order chi connectivity index (χ0) is 10.8. The molecular formula is C12H15NOS. The van der Waals surface area contributed by atoms with Gasteiger partial charge in [0, 0.05) is 13.1 Å². The smallest absolute Gasteiger partial charge is 0.264 e. The molecule has 1 unspecified atom stereocenters. The van der Waals surface area contributed by atoms with Crippen LogP contribution in [0.3, 0.4) is 0 Å². The fraction of sp³-hybridized carbons (Fsp3) is 0.417. The molecule has 3 heteroatoms. The highest BCUT2D eigenvalue weighted by atomic mass is 32.1. The van der Waals surface area contributed by atoms with E-state index >= 15 is 0 Å². The van der Waals surface area contributed by atoms with Crippen molar-refractivity contribution in [2.24, 2.45) is 5.92 Å². The second kappa shape index (κ2) is 4.19. The number of hydrogen-bond acceptors (Lipinski definition) is 2. The quantitative estimate of drug-likeness (QED) is 0.668. The van der Waals surface area contributed by atoms with Crippen LogP contribution in [0.5, 0.6) is 0 Å². The van der Waals surface area contributed by atoms with Crippen molar-refractivity contribution in [1.29, 1.82) is 0 Å². The van der Waals surface area contributed by atoms with Gasteiger partial charge in [0.05, 0.1) is 4.88 Å². The SMILES string of the molecule is Cc1ccsc1C(=O)N1CC=CC(C)C1. The van der Waals surface area contributed by atoms with E-state index in [0.717, 1.165) is 23.5 Å². The summed E-state index contributed by atoms with van der Waals surface area (Å²) in [6.07, 6.45) is 4.25. The van der Waals surface area contributed by atoms with Crippen molar-refractivity contribution in [3.63, 3.8) is 0 Å². The maximum Gasteiger partial charge on any atom is 0.264 e. The Morgan fingerprint density at radius 2 is 2.40 bits per heavy atom. The lowest BCUT2D eigenvalue weighted by Crippen LogP contribution is -2.36. The van der Waals surface area contributed by atoms with Crippen molar-refractivity contribution >= 4 is 17.2 Å². The summed E-state index contributed by atoms with van der Waals surface area (Å²) in [4.78, 5) is 14.9. The first kappa shape index (κ1) is 10.4. The normalized spacial score (nSPS) is 20.7. The molecule has 2 rings (SSSR count). The molecule has 0 radical (unpaired) electrons. The summed E-state index contributed by atoms with van der Waals surface area (Å²) in [5.41, 5.74) is 1.09. The highest BCUT2D eigenvalue weighted by Crippen LogP contribution is 2.20. The Labute approximate surface area is 94.2 Å². The van der Waals surface area contributed by atoms with Crippen LogP contribution in [0.4, 0.5) is 0 Å². The van der Waals surface area contributed by atoms with Crippen molar-refractivity contribution in [2.45, 2.75) is 13.8 Å². The van der Waals surface area contributed by atoms with Crippen molar-refractivity contribution in [1.82, 2.24) is 4.90 Å². The van der Waals surface area contributed by atoms with Gasteiger partial charge in [0.15, 0.2) is 0 Å². The van der Waals surface area contributed by atoms with E-state index in [2.05, 4.69) is 19.1 Å². The van der Waals surface area contributed by atoms with Gasteiger partial charge in [0.1, 0.15) is 0 Å². The Morgan fingerprint density at radius 3 is 3.00 bits per heavy atom. The van der Waals surface area contributed by atoms with Gasteiger partial charge in [-0.15, -0.1) is 11.3 Å². The Bertz CT molecular complexity index is 394. The van der Waals surface area contributed by atoms with Gasteiger partial charge in [-0.2, -0.15) is 0 Å². The topological polar surface area (TPSA) is 20.3 Å². The molecule has 1 atom stereocenters. The second-order valence-corrected chi connectivity index (χ2v) is 4.96. The molecule has 1 aromatic heterocycles. The van der Waals surface area contributed by atoms with Gasteiger partial charge in [-0.25, -0.2) is 0 Å². The van der Waals surface area contributed by atoms with Crippen LogP contribution in [0.1, 0.15) is 22.2 Å². The number of rotatable bonds is 1. The molecule has 15 heavy (non-hydrogen) atoms. The van der Waals surface area contributed by atoms with Crippen molar-refractivity contribution < 1.29 is 4.79 Å². The third kappa shape index (κ3) is 2.12. The molecule has 0 bridgehead atoms. The Morgan fingerprint density at radius 1 is 1.60 bits per heavy atom. The molecule has 2 heterocycles. The molecule has 0 spiro atoms. The molecule has 1 aliphatic rings. The number of aryl methyl sites for hydroxylation is 1. The molecule has 0 aromatic carbocycles. The molecule has 0 N–H and O–H groups in total. The van der Waals surface area contributed by atoms with Crippen LogP contribution in [0.2, 0.25) is 0 Å². The van der Waals surface area contributed by atoms with Gasteiger partial charge in [-0.3, -0.25) is 4.79 Å². The third-order valence-electron chi connectivity index (χ3n) is 2.64. The predicted octanol–water partition coefficient (Wildman–Crippen LogP) is 2.70. The fourth-order valence-electron chi connectivity index (χ4n) is 1.80. The monoisotopic (exact) mass is 221 g/mol. The number of hydrogen-bond donors (Lipinski definition) is 0. The number of carbonyl (C=O) groups excluding carboxylic acids is 1. The number of amides is 1. The van der Waals surface area contributed by atoms with Gasteiger partial charge in [0.25, 0.3) is 5.91 Å². The Hall–Kier alpha value is -1.09. The largest absolute Gasteiger partial charge is 0.334 e. The summed E-state index contributed by atoms with van der Waals surface area (Å²) in [6, 6.07) is 2.00. The first-order valence-electron chi connectivity index (χ1n) is 5.18. The van der Waals surface area contributed by atoms with E-state index in [1.807, 2.05) is 23.3 Å². The van der Waals surface area contributed by atoms with E-state index < -0.39 is 0 Å². The number of nitrogens with zero attached hydrogens (tertiary/aromatic N) is 1. The third-order valence-corrected chi connectivity index (χ3v) is 3.65. The van der Waals surface area contributed by atoms with E-state index in [4.69, 9.17) is 0 Å². The Balaban J connectivity index is 2.15. The Kier molecular flexibility index (Phi) is 2.91. The highest BCUT2D eigenvalue weighted by Gasteiger charge is 2.20. The van der Waals surface area contributed by atoms with Crippen molar-refractivity contribution in [3.05, 3.63) is 34.0 Å². The molecule has 2 nitrogen and oxygen atoms in total. The molecule has 1 amide bonds. The maximum atomic E-state index is 12.1. The van der Waals surface area contributed by atoms with Crippen LogP contribution < -0.4 is 0 Å². The summed E-state index contributed by atoms with van der Waals surface area (Å²) in [5.74, 6) is 0.654. The maximum absolute atomic E-state index is 12.1. The van der Waals surface area contributed by atoms with E-state index in [0.29, 0.717) is 5.92 Å². The summed E-state index contributed by atoms with van der Waals surface area (Å²) in [7, 11) is 0. The molecular weight excluding hydrogens is 206 g/mol. The average Bonchev–Trinajstić information content (AvgIpc) is 2.63. The zero-order valence-electron chi connectivity index (χ0n) is 9.06. The standard InChI is InChI=1S/C12H15NOS/c1-9-4-3-6-13(8-9)12(14)11-10(2)5-7-15-11/h3-5,7,9H,6,8H2,1-2H3. The van der Waals surface area contributed by atoms with E-state index in [-0.39, 0.29) is 5.91 Å². The zero-order valence-corrected chi connectivity index (χ0v) is 9.88. The minimum atomic E-state index is 0.179. The lowest BCUT2D eigenvalue weighted by Gasteiger charge is -2.26. The first-order chi connectivity index (χ1) is 7.18.